The molecule has 2 aliphatic heterocycles. The lowest BCUT2D eigenvalue weighted by Gasteiger charge is -2.29. The molecule has 0 saturated carbocycles. The van der Waals surface area contributed by atoms with Gasteiger partial charge in [-0.05, 0) is 42.0 Å². The maximum atomic E-state index is 12.7. The minimum atomic E-state index is -0.656. The van der Waals surface area contributed by atoms with E-state index in [0.717, 1.165) is 12.0 Å². The van der Waals surface area contributed by atoms with Crippen LogP contribution in [0.25, 0.3) is 0 Å². The summed E-state index contributed by atoms with van der Waals surface area (Å²) in [5.74, 6) is -1.20. The third-order valence-corrected chi connectivity index (χ3v) is 5.30. The van der Waals surface area contributed by atoms with Gasteiger partial charge in [0.25, 0.3) is 11.8 Å². The highest BCUT2D eigenvalue weighted by atomic mass is 16.2. The number of rotatable bonds is 6. The summed E-state index contributed by atoms with van der Waals surface area (Å²) in [5, 5.41) is 5.23. The van der Waals surface area contributed by atoms with Crippen LogP contribution in [-0.4, -0.2) is 41.1 Å². The molecule has 1 fully saturated rings. The van der Waals surface area contributed by atoms with E-state index in [-0.39, 0.29) is 36.1 Å². The Morgan fingerprint density at radius 3 is 2.76 bits per heavy atom. The number of amides is 4. The Morgan fingerprint density at radius 2 is 2.07 bits per heavy atom. The van der Waals surface area contributed by atoms with Crippen molar-refractivity contribution in [3.8, 4) is 0 Å². The minimum absolute atomic E-state index is 0.152. The standard InChI is InChI=1S/C22H27N3O4/c1-4-5-10-22(2,3)13-23-19(27)14-6-7-16-15(11-14)12-25(21(16)29)17-8-9-18(26)24-20(17)28/h5-7,10-11,17H,4,8-9,12-13H2,1-3H3,(H,23,27)(H,24,26,28)/b10-5-. The summed E-state index contributed by atoms with van der Waals surface area (Å²) < 4.78 is 0. The van der Waals surface area contributed by atoms with E-state index in [2.05, 4.69) is 43.6 Å². The third-order valence-electron chi connectivity index (χ3n) is 5.30. The maximum Gasteiger partial charge on any atom is 0.255 e. The molecule has 3 rings (SSSR count). The third kappa shape index (κ3) is 4.55. The molecule has 0 radical (unpaired) electrons. The molecule has 1 unspecified atom stereocenters. The number of carbonyl (C=O) groups is 4. The Labute approximate surface area is 170 Å². The summed E-state index contributed by atoms with van der Waals surface area (Å²) in [5.41, 5.74) is 1.55. The van der Waals surface area contributed by atoms with Crippen LogP contribution in [0.2, 0.25) is 0 Å². The zero-order chi connectivity index (χ0) is 21.2. The first kappa shape index (κ1) is 20.8. The van der Waals surface area contributed by atoms with Crippen LogP contribution in [0.4, 0.5) is 0 Å². The van der Waals surface area contributed by atoms with Crippen LogP contribution in [0.15, 0.2) is 30.4 Å². The van der Waals surface area contributed by atoms with Gasteiger partial charge in [0, 0.05) is 30.6 Å². The van der Waals surface area contributed by atoms with E-state index < -0.39 is 11.9 Å². The fourth-order valence-corrected chi connectivity index (χ4v) is 3.62. The number of hydrogen-bond donors (Lipinski definition) is 2. The van der Waals surface area contributed by atoms with Gasteiger partial charge in [0.15, 0.2) is 0 Å². The second-order valence-corrected chi connectivity index (χ2v) is 8.25. The highest BCUT2D eigenvalue weighted by Crippen LogP contribution is 2.28. The number of nitrogens with one attached hydrogen (secondary N) is 2. The number of imide groups is 1. The molecule has 4 amide bonds. The molecule has 0 spiro atoms. The number of fused-ring (bicyclic) bond motifs is 1. The number of allylic oxidation sites excluding steroid dienone is 1. The van der Waals surface area contributed by atoms with Crippen LogP contribution in [0.3, 0.4) is 0 Å². The predicted molar refractivity (Wildman–Crippen MR) is 108 cm³/mol. The van der Waals surface area contributed by atoms with Crippen molar-refractivity contribution in [2.45, 2.75) is 52.6 Å². The lowest BCUT2D eigenvalue weighted by molar-refractivity contribution is -0.136. The van der Waals surface area contributed by atoms with Gasteiger partial charge in [0.1, 0.15) is 6.04 Å². The largest absolute Gasteiger partial charge is 0.351 e. The molecule has 1 saturated heterocycles. The molecular formula is C22H27N3O4. The summed E-state index contributed by atoms with van der Waals surface area (Å²) in [7, 11) is 0. The molecule has 1 atom stereocenters. The molecule has 29 heavy (non-hydrogen) atoms. The average Bonchev–Trinajstić information content (AvgIpc) is 3.00. The van der Waals surface area contributed by atoms with Gasteiger partial charge in [-0.25, -0.2) is 0 Å². The monoisotopic (exact) mass is 397 g/mol. The van der Waals surface area contributed by atoms with Gasteiger partial charge < -0.3 is 10.2 Å². The zero-order valence-electron chi connectivity index (χ0n) is 17.1. The zero-order valence-corrected chi connectivity index (χ0v) is 17.1. The van der Waals surface area contributed by atoms with Gasteiger partial charge in [-0.3, -0.25) is 24.5 Å². The van der Waals surface area contributed by atoms with Gasteiger partial charge in [-0.2, -0.15) is 0 Å². The smallest absolute Gasteiger partial charge is 0.255 e. The molecule has 1 aromatic rings. The van der Waals surface area contributed by atoms with Crippen LogP contribution in [0.5, 0.6) is 0 Å². The van der Waals surface area contributed by atoms with Crippen molar-refractivity contribution in [3.63, 3.8) is 0 Å². The first-order valence-corrected chi connectivity index (χ1v) is 9.95. The summed E-state index contributed by atoms with van der Waals surface area (Å²) >= 11 is 0. The van der Waals surface area contributed by atoms with Crippen molar-refractivity contribution in [2.24, 2.45) is 5.41 Å². The summed E-state index contributed by atoms with van der Waals surface area (Å²) in [6, 6.07) is 4.33. The molecular weight excluding hydrogens is 370 g/mol. The molecule has 2 heterocycles. The minimum Gasteiger partial charge on any atom is -0.351 e. The van der Waals surface area contributed by atoms with E-state index in [1.807, 2.05) is 0 Å². The molecule has 0 aliphatic carbocycles. The first-order valence-electron chi connectivity index (χ1n) is 9.95. The summed E-state index contributed by atoms with van der Waals surface area (Å²) in [6.45, 7) is 6.93. The van der Waals surface area contributed by atoms with Crippen molar-refractivity contribution in [1.82, 2.24) is 15.5 Å². The van der Waals surface area contributed by atoms with Crippen LogP contribution < -0.4 is 10.6 Å². The van der Waals surface area contributed by atoms with Gasteiger partial charge >= 0.3 is 0 Å². The van der Waals surface area contributed by atoms with E-state index in [1.165, 1.54) is 4.90 Å². The number of piperidine rings is 1. The van der Waals surface area contributed by atoms with E-state index in [9.17, 15) is 19.2 Å². The van der Waals surface area contributed by atoms with Crippen molar-refractivity contribution >= 4 is 23.6 Å². The molecule has 2 N–H and O–H groups in total. The highest BCUT2D eigenvalue weighted by molar-refractivity contribution is 6.06. The second kappa shape index (κ2) is 8.19. The Hall–Kier alpha value is -2.96. The SMILES string of the molecule is CC/C=C\C(C)(C)CNC(=O)c1ccc2c(c1)CN(C1CCC(=O)NC1=O)C2=O. The molecule has 0 aromatic heterocycles. The molecule has 154 valence electrons. The molecule has 0 bridgehead atoms. The molecule has 2 aliphatic rings. The topological polar surface area (TPSA) is 95.6 Å². The van der Waals surface area contributed by atoms with Crippen LogP contribution in [-0.2, 0) is 16.1 Å². The lowest BCUT2D eigenvalue weighted by Crippen LogP contribution is -2.52. The Morgan fingerprint density at radius 1 is 1.31 bits per heavy atom. The van der Waals surface area contributed by atoms with Crippen molar-refractivity contribution in [2.75, 3.05) is 6.54 Å². The molecule has 7 nitrogen and oxygen atoms in total. The number of carbonyl (C=O) groups excluding carboxylic acids is 4. The normalized spacial score (nSPS) is 19.5. The van der Waals surface area contributed by atoms with Crippen molar-refractivity contribution in [1.29, 1.82) is 0 Å². The quantitative estimate of drug-likeness (QED) is 0.568. The Kier molecular flexibility index (Phi) is 5.86. The van der Waals surface area contributed by atoms with Crippen LogP contribution >= 0.6 is 0 Å². The van der Waals surface area contributed by atoms with Crippen LogP contribution in [0.1, 0.15) is 66.3 Å². The lowest BCUT2D eigenvalue weighted by atomic mass is 9.92. The number of nitrogens with zero attached hydrogens (tertiary/aromatic N) is 1. The maximum absolute atomic E-state index is 12.7. The average molecular weight is 397 g/mol. The van der Waals surface area contributed by atoms with Gasteiger partial charge in [-0.15, -0.1) is 0 Å². The van der Waals surface area contributed by atoms with Gasteiger partial charge in [0.2, 0.25) is 11.8 Å². The fourth-order valence-electron chi connectivity index (χ4n) is 3.62. The van der Waals surface area contributed by atoms with Crippen molar-refractivity contribution < 1.29 is 19.2 Å². The number of hydrogen-bond acceptors (Lipinski definition) is 4. The van der Waals surface area contributed by atoms with Gasteiger partial charge in [-0.1, -0.05) is 32.9 Å². The predicted octanol–water partition coefficient (Wildman–Crippen LogP) is 2.17. The molecule has 7 heteroatoms. The number of benzene rings is 1. The summed E-state index contributed by atoms with van der Waals surface area (Å²) in [6.07, 6.45) is 5.65. The van der Waals surface area contributed by atoms with Crippen molar-refractivity contribution in [3.05, 3.63) is 47.0 Å². The van der Waals surface area contributed by atoms with E-state index in [1.54, 1.807) is 18.2 Å². The fraction of sp³-hybridized carbons (Fsp3) is 0.455. The Bertz CT molecular complexity index is 888. The van der Waals surface area contributed by atoms with E-state index in [0.29, 0.717) is 24.1 Å². The van der Waals surface area contributed by atoms with E-state index >= 15 is 0 Å². The Balaban J connectivity index is 1.69. The second-order valence-electron chi connectivity index (χ2n) is 8.25. The molecule has 1 aromatic carbocycles. The van der Waals surface area contributed by atoms with Crippen LogP contribution in [0, 0.1) is 5.41 Å². The highest BCUT2D eigenvalue weighted by Gasteiger charge is 2.39. The first-order chi connectivity index (χ1) is 13.7. The summed E-state index contributed by atoms with van der Waals surface area (Å²) in [4.78, 5) is 50.3. The van der Waals surface area contributed by atoms with E-state index in [4.69, 9.17) is 0 Å². The van der Waals surface area contributed by atoms with Gasteiger partial charge in [0.05, 0.1) is 0 Å².